The van der Waals surface area contributed by atoms with Crippen molar-refractivity contribution in [1.29, 1.82) is 0 Å². The number of hydrogen-bond donors (Lipinski definition) is 1. The van der Waals surface area contributed by atoms with Gasteiger partial charge in [-0.1, -0.05) is 0 Å². The molecule has 16 heavy (non-hydrogen) atoms. The van der Waals surface area contributed by atoms with E-state index in [4.69, 9.17) is 4.74 Å². The summed E-state index contributed by atoms with van der Waals surface area (Å²) in [6.07, 6.45) is 6.04. The average molecular weight is 247 g/mol. The van der Waals surface area contributed by atoms with E-state index in [0.29, 0.717) is 18.6 Å². The molecule has 0 aromatic rings. The summed E-state index contributed by atoms with van der Waals surface area (Å²) in [6, 6.07) is 0.451. The Hall–Kier alpha value is -0.130. The molecule has 0 amide bonds. The van der Waals surface area contributed by atoms with Crippen LogP contribution in [0.25, 0.3) is 0 Å². The average Bonchev–Trinajstić information content (AvgIpc) is 2.92. The molecule has 1 aliphatic carbocycles. The van der Waals surface area contributed by atoms with E-state index in [0.717, 1.165) is 25.5 Å². The van der Waals surface area contributed by atoms with E-state index < -0.39 is 9.84 Å². The van der Waals surface area contributed by atoms with Crippen molar-refractivity contribution in [3.8, 4) is 0 Å². The third-order valence-electron chi connectivity index (χ3n) is 3.32. The van der Waals surface area contributed by atoms with Crippen molar-refractivity contribution in [2.75, 3.05) is 25.2 Å². The molecule has 2 atom stereocenters. The van der Waals surface area contributed by atoms with E-state index in [1.54, 1.807) is 0 Å². The molecule has 94 valence electrons. The fraction of sp³-hybridized carbons (Fsp3) is 1.00. The van der Waals surface area contributed by atoms with Gasteiger partial charge in [-0.2, -0.15) is 0 Å². The maximum Gasteiger partial charge on any atom is 0.147 e. The first-order chi connectivity index (χ1) is 7.56. The van der Waals surface area contributed by atoms with E-state index in [-0.39, 0.29) is 5.75 Å². The van der Waals surface area contributed by atoms with Gasteiger partial charge in [-0.25, -0.2) is 8.42 Å². The van der Waals surface area contributed by atoms with E-state index in [2.05, 4.69) is 5.32 Å². The second-order valence-electron chi connectivity index (χ2n) is 5.01. The minimum atomic E-state index is -2.81. The molecule has 0 radical (unpaired) electrons. The molecule has 0 bridgehead atoms. The van der Waals surface area contributed by atoms with Crippen LogP contribution in [0, 0.1) is 5.92 Å². The lowest BCUT2D eigenvalue weighted by molar-refractivity contribution is 0.0812. The molecule has 2 fully saturated rings. The van der Waals surface area contributed by atoms with Crippen LogP contribution in [0.4, 0.5) is 0 Å². The molecule has 0 aromatic carbocycles. The Morgan fingerprint density at radius 2 is 2.06 bits per heavy atom. The summed E-state index contributed by atoms with van der Waals surface area (Å²) in [7, 11) is -2.81. The first-order valence-corrected chi connectivity index (χ1v) is 8.15. The fourth-order valence-electron chi connectivity index (χ4n) is 2.34. The fourth-order valence-corrected chi connectivity index (χ4v) is 3.01. The number of rotatable bonds is 6. The van der Waals surface area contributed by atoms with Crippen molar-refractivity contribution < 1.29 is 13.2 Å². The SMILES string of the molecule is CS(=O)(=O)CCCNC1CCOC1C1CC1. The van der Waals surface area contributed by atoms with Gasteiger partial charge in [-0.15, -0.1) is 0 Å². The molecular formula is C11H21NO3S. The van der Waals surface area contributed by atoms with Crippen molar-refractivity contribution in [2.24, 2.45) is 5.92 Å². The van der Waals surface area contributed by atoms with Gasteiger partial charge in [0.2, 0.25) is 0 Å². The van der Waals surface area contributed by atoms with Crippen LogP contribution < -0.4 is 5.32 Å². The Balaban J connectivity index is 1.65. The lowest BCUT2D eigenvalue weighted by atomic mass is 10.1. The standard InChI is InChI=1S/C11H21NO3S/c1-16(13,14)8-2-6-12-10-5-7-15-11(10)9-3-4-9/h9-12H,2-8H2,1H3. The van der Waals surface area contributed by atoms with Crippen LogP contribution in [0.3, 0.4) is 0 Å². The number of sulfone groups is 1. The molecule has 0 spiro atoms. The Morgan fingerprint density at radius 1 is 1.31 bits per heavy atom. The quantitative estimate of drug-likeness (QED) is 0.698. The van der Waals surface area contributed by atoms with Crippen LogP contribution in [0.15, 0.2) is 0 Å². The molecule has 4 nitrogen and oxygen atoms in total. The Labute approximate surface area is 97.7 Å². The monoisotopic (exact) mass is 247 g/mol. The molecule has 5 heteroatoms. The second kappa shape index (κ2) is 5.02. The molecule has 2 aliphatic rings. The first-order valence-electron chi connectivity index (χ1n) is 6.09. The molecule has 1 N–H and O–H groups in total. The van der Waals surface area contributed by atoms with Gasteiger partial charge in [0.1, 0.15) is 9.84 Å². The Kier molecular flexibility index (Phi) is 3.87. The zero-order chi connectivity index (χ0) is 11.6. The smallest absolute Gasteiger partial charge is 0.147 e. The predicted molar refractivity (Wildman–Crippen MR) is 63.2 cm³/mol. The van der Waals surface area contributed by atoms with Crippen LogP contribution in [-0.4, -0.2) is 45.7 Å². The van der Waals surface area contributed by atoms with Gasteiger partial charge in [0.25, 0.3) is 0 Å². The van der Waals surface area contributed by atoms with Crippen LogP contribution in [-0.2, 0) is 14.6 Å². The normalized spacial score (nSPS) is 30.8. The van der Waals surface area contributed by atoms with Gasteiger partial charge in [0.15, 0.2) is 0 Å². The summed E-state index contributed by atoms with van der Waals surface area (Å²) in [5, 5.41) is 3.44. The summed E-state index contributed by atoms with van der Waals surface area (Å²) >= 11 is 0. The van der Waals surface area contributed by atoms with Crippen molar-refractivity contribution in [1.82, 2.24) is 5.32 Å². The van der Waals surface area contributed by atoms with Crippen molar-refractivity contribution >= 4 is 9.84 Å². The lowest BCUT2D eigenvalue weighted by Gasteiger charge is -2.19. The zero-order valence-electron chi connectivity index (χ0n) is 9.81. The first kappa shape index (κ1) is 12.3. The highest BCUT2D eigenvalue weighted by Gasteiger charge is 2.40. The van der Waals surface area contributed by atoms with Crippen LogP contribution in [0.2, 0.25) is 0 Å². The Bertz CT molecular complexity index is 324. The minimum Gasteiger partial charge on any atom is -0.376 e. The van der Waals surface area contributed by atoms with E-state index in [1.807, 2.05) is 0 Å². The van der Waals surface area contributed by atoms with Gasteiger partial charge in [-0.05, 0) is 38.1 Å². The highest BCUT2D eigenvalue weighted by Crippen LogP contribution is 2.38. The summed E-state index contributed by atoms with van der Waals surface area (Å²) in [5.41, 5.74) is 0. The molecule has 1 aliphatic heterocycles. The number of ether oxygens (including phenoxy) is 1. The zero-order valence-corrected chi connectivity index (χ0v) is 10.6. The van der Waals surface area contributed by atoms with Crippen LogP contribution in [0.5, 0.6) is 0 Å². The summed E-state index contributed by atoms with van der Waals surface area (Å²) in [6.45, 7) is 1.63. The van der Waals surface area contributed by atoms with Gasteiger partial charge in [0, 0.05) is 18.9 Å². The molecule has 1 heterocycles. The maximum absolute atomic E-state index is 11.0. The van der Waals surface area contributed by atoms with Crippen molar-refractivity contribution in [3.63, 3.8) is 0 Å². The largest absolute Gasteiger partial charge is 0.376 e. The lowest BCUT2D eigenvalue weighted by Crippen LogP contribution is -2.38. The van der Waals surface area contributed by atoms with Crippen LogP contribution in [0.1, 0.15) is 25.7 Å². The predicted octanol–water partition coefficient (Wildman–Crippen LogP) is 0.578. The second-order valence-corrected chi connectivity index (χ2v) is 7.27. The molecule has 0 aromatic heterocycles. The summed E-state index contributed by atoms with van der Waals surface area (Å²) in [5.74, 6) is 1.04. The van der Waals surface area contributed by atoms with Crippen molar-refractivity contribution in [3.05, 3.63) is 0 Å². The molecular weight excluding hydrogens is 226 g/mol. The van der Waals surface area contributed by atoms with E-state index in [1.165, 1.54) is 19.1 Å². The minimum absolute atomic E-state index is 0.279. The van der Waals surface area contributed by atoms with Gasteiger partial charge in [-0.3, -0.25) is 0 Å². The molecule has 1 saturated carbocycles. The van der Waals surface area contributed by atoms with Gasteiger partial charge in [0.05, 0.1) is 11.9 Å². The number of nitrogens with one attached hydrogen (secondary N) is 1. The van der Waals surface area contributed by atoms with Gasteiger partial charge < -0.3 is 10.1 Å². The summed E-state index contributed by atoms with van der Waals surface area (Å²) < 4.78 is 27.6. The maximum atomic E-state index is 11.0. The third-order valence-corrected chi connectivity index (χ3v) is 4.35. The van der Waals surface area contributed by atoms with E-state index >= 15 is 0 Å². The van der Waals surface area contributed by atoms with Gasteiger partial charge >= 0.3 is 0 Å². The topological polar surface area (TPSA) is 55.4 Å². The molecule has 1 saturated heterocycles. The van der Waals surface area contributed by atoms with E-state index in [9.17, 15) is 8.42 Å². The summed E-state index contributed by atoms with van der Waals surface area (Å²) in [4.78, 5) is 0. The highest BCUT2D eigenvalue weighted by atomic mass is 32.2. The Morgan fingerprint density at radius 3 is 2.69 bits per heavy atom. The molecule has 2 rings (SSSR count). The third kappa shape index (κ3) is 3.71. The van der Waals surface area contributed by atoms with Crippen LogP contribution >= 0.6 is 0 Å². The van der Waals surface area contributed by atoms with Crippen molar-refractivity contribution in [2.45, 2.75) is 37.8 Å². The molecule has 2 unspecified atom stereocenters. The highest BCUT2D eigenvalue weighted by molar-refractivity contribution is 7.90. The number of hydrogen-bond acceptors (Lipinski definition) is 4.